The van der Waals surface area contributed by atoms with Gasteiger partial charge in [0.25, 0.3) is 0 Å². The number of aliphatic hydroxyl groups is 2. The molecule has 0 aromatic heterocycles. The molecule has 0 unspecified atom stereocenters. The molecule has 0 aromatic rings. The number of carbonyl (C=O) groups excluding carboxylic acids is 1. The fraction of sp³-hybridized carbons (Fsp3) is 0.722. The highest BCUT2D eigenvalue weighted by atomic mass is 16.4. The van der Waals surface area contributed by atoms with E-state index in [1.54, 1.807) is 6.08 Å². The number of nitrogens with zero attached hydrogens (tertiary/aromatic N) is 1. The first-order valence-electron chi connectivity index (χ1n) is 8.58. The number of hydrogen-bond donors (Lipinski definition) is 3. The van der Waals surface area contributed by atoms with Crippen LogP contribution in [-0.4, -0.2) is 33.2 Å². The van der Waals surface area contributed by atoms with Gasteiger partial charge in [0.05, 0.1) is 35.7 Å². The molecule has 0 saturated heterocycles. The Morgan fingerprint density at radius 1 is 1.38 bits per heavy atom. The normalized spacial score (nSPS) is 27.2. The number of nitriles is 1. The minimum absolute atomic E-state index is 0.00597. The molecular formula is C18H27NO5. The fourth-order valence-corrected chi connectivity index (χ4v) is 3.62. The van der Waals surface area contributed by atoms with Crippen molar-refractivity contribution in [3.8, 4) is 6.07 Å². The van der Waals surface area contributed by atoms with Gasteiger partial charge >= 0.3 is 5.97 Å². The van der Waals surface area contributed by atoms with E-state index in [-0.39, 0.29) is 30.8 Å². The van der Waals surface area contributed by atoms with Crippen LogP contribution in [0.25, 0.3) is 0 Å². The van der Waals surface area contributed by atoms with Gasteiger partial charge in [-0.05, 0) is 25.3 Å². The number of aliphatic hydroxyl groups excluding tert-OH is 2. The number of unbranched alkanes of at least 4 members (excludes halogenated alkanes) is 4. The van der Waals surface area contributed by atoms with Crippen molar-refractivity contribution in [1.82, 2.24) is 0 Å². The second kappa shape index (κ2) is 9.43. The van der Waals surface area contributed by atoms with Crippen LogP contribution >= 0.6 is 0 Å². The Balaban J connectivity index is 3.00. The molecule has 0 heterocycles. The van der Waals surface area contributed by atoms with E-state index in [1.807, 2.05) is 6.07 Å². The molecule has 0 spiro atoms. The van der Waals surface area contributed by atoms with E-state index >= 15 is 0 Å². The zero-order chi connectivity index (χ0) is 18.2. The Morgan fingerprint density at radius 2 is 2.08 bits per heavy atom. The molecule has 0 bridgehead atoms. The van der Waals surface area contributed by atoms with Crippen molar-refractivity contribution in [2.75, 3.05) is 0 Å². The topological polar surface area (TPSA) is 119 Å². The summed E-state index contributed by atoms with van der Waals surface area (Å²) in [4.78, 5) is 23.7. The Kier molecular flexibility index (Phi) is 7.93. The molecule has 0 aromatic carbocycles. The summed E-state index contributed by atoms with van der Waals surface area (Å²) in [5.74, 6) is -2.62. The summed E-state index contributed by atoms with van der Waals surface area (Å²) in [6, 6.07) is 1.93. The average molecular weight is 337 g/mol. The molecule has 0 radical (unpaired) electrons. The maximum absolute atomic E-state index is 12.4. The molecule has 3 atom stereocenters. The molecule has 6 nitrogen and oxygen atoms in total. The zero-order valence-corrected chi connectivity index (χ0v) is 14.2. The van der Waals surface area contributed by atoms with Crippen LogP contribution in [0.2, 0.25) is 0 Å². The van der Waals surface area contributed by atoms with E-state index in [0.717, 1.165) is 25.7 Å². The Hall–Kier alpha value is -1.87. The summed E-state index contributed by atoms with van der Waals surface area (Å²) in [5.41, 5.74) is -1.40. The lowest BCUT2D eigenvalue weighted by Gasteiger charge is -2.32. The predicted molar refractivity (Wildman–Crippen MR) is 88.1 cm³/mol. The van der Waals surface area contributed by atoms with Crippen molar-refractivity contribution < 1.29 is 24.9 Å². The van der Waals surface area contributed by atoms with E-state index in [0.29, 0.717) is 6.42 Å². The highest BCUT2D eigenvalue weighted by Crippen LogP contribution is 2.49. The van der Waals surface area contributed by atoms with Gasteiger partial charge in [-0.25, -0.2) is 0 Å². The van der Waals surface area contributed by atoms with Gasteiger partial charge in [0, 0.05) is 12.8 Å². The molecule has 1 saturated carbocycles. The Bertz CT molecular complexity index is 522. The number of Topliss-reactive ketones (excluding diaryl/α,β-unsaturated/α-hetero) is 1. The Morgan fingerprint density at radius 3 is 2.67 bits per heavy atom. The molecule has 1 aliphatic carbocycles. The van der Waals surface area contributed by atoms with Gasteiger partial charge in [0.2, 0.25) is 0 Å². The van der Waals surface area contributed by atoms with Gasteiger partial charge in [-0.1, -0.05) is 26.2 Å². The second-order valence-electron chi connectivity index (χ2n) is 6.54. The predicted octanol–water partition coefficient (Wildman–Crippen LogP) is 3.11. The van der Waals surface area contributed by atoms with Crippen molar-refractivity contribution in [1.29, 1.82) is 5.26 Å². The first kappa shape index (κ1) is 20.2. The third-order valence-electron chi connectivity index (χ3n) is 4.81. The van der Waals surface area contributed by atoms with Crippen LogP contribution in [0.3, 0.4) is 0 Å². The molecule has 3 N–H and O–H groups in total. The molecule has 0 aliphatic heterocycles. The molecule has 0 amide bonds. The highest BCUT2D eigenvalue weighted by molar-refractivity contribution is 5.92. The van der Waals surface area contributed by atoms with E-state index < -0.39 is 29.8 Å². The molecule has 24 heavy (non-hydrogen) atoms. The smallest absolute Gasteiger partial charge is 0.304 e. The van der Waals surface area contributed by atoms with Crippen LogP contribution < -0.4 is 0 Å². The quantitative estimate of drug-likeness (QED) is 0.416. The van der Waals surface area contributed by atoms with Crippen LogP contribution in [0.15, 0.2) is 11.8 Å². The summed E-state index contributed by atoms with van der Waals surface area (Å²) in [7, 11) is 0. The lowest BCUT2D eigenvalue weighted by atomic mass is 9.70. The number of hydrogen-bond acceptors (Lipinski definition) is 5. The zero-order valence-electron chi connectivity index (χ0n) is 14.2. The molecule has 6 heteroatoms. The van der Waals surface area contributed by atoms with Gasteiger partial charge in [0.1, 0.15) is 5.78 Å². The minimum atomic E-state index is -1.40. The van der Waals surface area contributed by atoms with Crippen LogP contribution in [0.5, 0.6) is 0 Å². The SMILES string of the molecule is CCCCCCC=C(O)[C@H]1[C@H](O)CC(=O)[C@]1(CCC#N)CC(=O)O. The molecule has 1 rings (SSSR count). The first-order valence-corrected chi connectivity index (χ1v) is 8.58. The van der Waals surface area contributed by atoms with Crippen LogP contribution in [-0.2, 0) is 9.59 Å². The highest BCUT2D eigenvalue weighted by Gasteiger charge is 2.56. The van der Waals surface area contributed by atoms with Crippen molar-refractivity contribution in [2.24, 2.45) is 11.3 Å². The van der Waals surface area contributed by atoms with Crippen LogP contribution in [0.1, 0.15) is 64.7 Å². The van der Waals surface area contributed by atoms with E-state index in [4.69, 9.17) is 5.26 Å². The van der Waals surface area contributed by atoms with Crippen molar-refractivity contribution >= 4 is 11.8 Å². The van der Waals surface area contributed by atoms with E-state index in [2.05, 4.69) is 6.92 Å². The summed E-state index contributed by atoms with van der Waals surface area (Å²) >= 11 is 0. The molecule has 134 valence electrons. The van der Waals surface area contributed by atoms with E-state index in [9.17, 15) is 24.9 Å². The third kappa shape index (κ3) is 4.81. The van der Waals surface area contributed by atoms with Crippen LogP contribution in [0.4, 0.5) is 0 Å². The van der Waals surface area contributed by atoms with Gasteiger partial charge in [0.15, 0.2) is 0 Å². The number of ketones is 1. The summed E-state index contributed by atoms with van der Waals surface area (Å²) in [6.45, 7) is 2.10. The van der Waals surface area contributed by atoms with Crippen molar-refractivity contribution in [3.63, 3.8) is 0 Å². The van der Waals surface area contributed by atoms with Crippen molar-refractivity contribution in [2.45, 2.75) is 70.8 Å². The molecule has 1 aliphatic rings. The molecule has 1 fully saturated rings. The largest absolute Gasteiger partial charge is 0.512 e. The summed E-state index contributed by atoms with van der Waals surface area (Å²) in [6.07, 6.45) is 4.58. The lowest BCUT2D eigenvalue weighted by Crippen LogP contribution is -2.38. The third-order valence-corrected chi connectivity index (χ3v) is 4.81. The van der Waals surface area contributed by atoms with Gasteiger partial charge in [-0.15, -0.1) is 0 Å². The second-order valence-corrected chi connectivity index (χ2v) is 6.54. The fourth-order valence-electron chi connectivity index (χ4n) is 3.62. The van der Waals surface area contributed by atoms with Gasteiger partial charge < -0.3 is 15.3 Å². The summed E-state index contributed by atoms with van der Waals surface area (Å²) < 4.78 is 0. The van der Waals surface area contributed by atoms with Crippen LogP contribution in [0, 0.1) is 22.7 Å². The lowest BCUT2D eigenvalue weighted by molar-refractivity contribution is -0.145. The van der Waals surface area contributed by atoms with Gasteiger partial charge in [-0.3, -0.25) is 9.59 Å². The number of allylic oxidation sites excluding steroid dienone is 1. The summed E-state index contributed by atoms with van der Waals surface area (Å²) in [5, 5.41) is 38.7. The minimum Gasteiger partial charge on any atom is -0.512 e. The Labute approximate surface area is 142 Å². The van der Waals surface area contributed by atoms with Gasteiger partial charge in [-0.2, -0.15) is 5.26 Å². The number of aliphatic carboxylic acids is 1. The number of carbonyl (C=O) groups is 2. The standard InChI is InChI=1S/C18H27NO5/c1-2-3-4-5-6-8-13(20)17-14(21)11-15(22)18(17,9-7-10-19)12-16(23)24/h8,14,17,20-21H,2-7,9,11-12H2,1H3,(H,23,24)/t14-,17+,18+/m1/s1. The van der Waals surface area contributed by atoms with E-state index in [1.165, 1.54) is 0 Å². The maximum atomic E-state index is 12.4. The number of carboxylic acids is 1. The molecular weight excluding hydrogens is 310 g/mol. The first-order chi connectivity index (χ1) is 11.4. The number of rotatable bonds is 10. The maximum Gasteiger partial charge on any atom is 0.304 e. The van der Waals surface area contributed by atoms with Crippen molar-refractivity contribution in [3.05, 3.63) is 11.8 Å². The number of carboxylic acid groups (broad SMARTS) is 1. The average Bonchev–Trinajstić information content (AvgIpc) is 2.74. The monoisotopic (exact) mass is 337 g/mol.